The van der Waals surface area contributed by atoms with Gasteiger partial charge in [0.25, 0.3) is 15.9 Å². The van der Waals surface area contributed by atoms with E-state index < -0.39 is 21.5 Å². The minimum absolute atomic E-state index is 0.0627. The van der Waals surface area contributed by atoms with Crippen LogP contribution in [0.2, 0.25) is 15.1 Å². The SMILES string of the molecule is CCN(CC)C(=O)Nc1ccc(S(=O)(=O)N2C(=O)C(NCCCCCN)(c3ccccc3Cl)c3cc(Cl)c(Cl)cc32)cc1. The largest absolute Gasteiger partial charge is 0.330 e. The molecule has 1 aliphatic rings. The average Bonchev–Trinajstić information content (AvgIpc) is 3.22. The lowest BCUT2D eigenvalue weighted by molar-refractivity contribution is -0.121. The molecule has 0 saturated carbocycles. The number of sulfonamides is 1. The van der Waals surface area contributed by atoms with Crippen molar-refractivity contribution in [3.8, 4) is 0 Å². The number of hydrogen-bond acceptors (Lipinski definition) is 6. The van der Waals surface area contributed by atoms with E-state index in [4.69, 9.17) is 40.5 Å². The fourth-order valence-corrected chi connectivity index (χ4v) is 7.22. The van der Waals surface area contributed by atoms with Crippen LogP contribution in [0.15, 0.2) is 65.6 Å². The molecule has 43 heavy (non-hydrogen) atoms. The van der Waals surface area contributed by atoms with Gasteiger partial charge in [-0.05, 0) is 82.2 Å². The Kier molecular flexibility index (Phi) is 10.6. The zero-order valence-corrected chi connectivity index (χ0v) is 27.0. The maximum absolute atomic E-state index is 14.6. The number of benzene rings is 3. The van der Waals surface area contributed by atoms with Gasteiger partial charge in [-0.1, -0.05) is 59.4 Å². The summed E-state index contributed by atoms with van der Waals surface area (Å²) in [6.45, 7) is 5.67. The first-order valence-corrected chi connectivity index (χ1v) is 16.6. The Morgan fingerprint density at radius 1 is 0.907 bits per heavy atom. The van der Waals surface area contributed by atoms with Crippen LogP contribution in [0.4, 0.5) is 16.2 Å². The van der Waals surface area contributed by atoms with Crippen molar-refractivity contribution in [2.24, 2.45) is 5.73 Å². The number of nitrogens with two attached hydrogens (primary N) is 1. The molecule has 0 spiro atoms. The van der Waals surface area contributed by atoms with Crippen LogP contribution in [0.5, 0.6) is 0 Å². The predicted molar refractivity (Wildman–Crippen MR) is 173 cm³/mol. The number of urea groups is 1. The van der Waals surface area contributed by atoms with E-state index in [1.807, 2.05) is 13.8 Å². The van der Waals surface area contributed by atoms with E-state index in [9.17, 15) is 18.0 Å². The number of carbonyl (C=O) groups is 2. The maximum atomic E-state index is 14.6. The van der Waals surface area contributed by atoms with Crippen molar-refractivity contribution in [2.75, 3.05) is 35.8 Å². The molecule has 3 aromatic carbocycles. The van der Waals surface area contributed by atoms with Crippen molar-refractivity contribution in [3.05, 3.63) is 86.9 Å². The number of anilines is 2. The van der Waals surface area contributed by atoms with E-state index in [-0.39, 0.29) is 31.7 Å². The van der Waals surface area contributed by atoms with Crippen molar-refractivity contribution < 1.29 is 18.0 Å². The Morgan fingerprint density at radius 2 is 1.56 bits per heavy atom. The molecule has 0 radical (unpaired) electrons. The third kappa shape index (κ3) is 6.36. The highest BCUT2D eigenvalue weighted by molar-refractivity contribution is 7.93. The van der Waals surface area contributed by atoms with Gasteiger partial charge in [-0.25, -0.2) is 17.5 Å². The van der Waals surface area contributed by atoms with Crippen LogP contribution in [0.25, 0.3) is 0 Å². The molecule has 4 rings (SSSR count). The topological polar surface area (TPSA) is 125 Å². The van der Waals surface area contributed by atoms with Crippen LogP contribution in [-0.2, 0) is 20.4 Å². The quantitative estimate of drug-likeness (QED) is 0.197. The molecule has 3 aromatic rings. The molecule has 1 atom stereocenters. The second-order valence-electron chi connectivity index (χ2n) is 9.99. The van der Waals surface area contributed by atoms with Gasteiger partial charge in [0.2, 0.25) is 0 Å². The molecule has 13 heteroatoms. The van der Waals surface area contributed by atoms with Gasteiger partial charge >= 0.3 is 6.03 Å². The molecular formula is C30H34Cl3N5O4S. The Labute approximate surface area is 267 Å². The minimum atomic E-state index is -4.47. The van der Waals surface area contributed by atoms with Gasteiger partial charge in [-0.3, -0.25) is 10.1 Å². The lowest BCUT2D eigenvalue weighted by Gasteiger charge is -2.31. The van der Waals surface area contributed by atoms with Crippen LogP contribution in [0.3, 0.4) is 0 Å². The van der Waals surface area contributed by atoms with Gasteiger partial charge in [0.05, 0.1) is 20.6 Å². The number of carbonyl (C=O) groups excluding carboxylic acids is 2. The first kappa shape index (κ1) is 33.0. The van der Waals surface area contributed by atoms with Crippen molar-refractivity contribution in [3.63, 3.8) is 0 Å². The number of unbranched alkanes of at least 4 members (excludes halogenated alkanes) is 2. The maximum Gasteiger partial charge on any atom is 0.321 e. The number of rotatable bonds is 12. The summed E-state index contributed by atoms with van der Waals surface area (Å²) in [4.78, 5) is 28.5. The fraction of sp³-hybridized carbons (Fsp3) is 0.333. The molecule has 1 unspecified atom stereocenters. The highest BCUT2D eigenvalue weighted by atomic mass is 35.5. The molecule has 0 fully saturated rings. The summed E-state index contributed by atoms with van der Waals surface area (Å²) in [5.41, 5.74) is 5.14. The van der Waals surface area contributed by atoms with Crippen LogP contribution in [0, 0.1) is 0 Å². The molecule has 0 bridgehead atoms. The molecule has 4 N–H and O–H groups in total. The Balaban J connectivity index is 1.81. The number of amides is 3. The molecule has 1 aliphatic heterocycles. The summed E-state index contributed by atoms with van der Waals surface area (Å²) in [5, 5.41) is 6.60. The van der Waals surface area contributed by atoms with Crippen LogP contribution >= 0.6 is 34.8 Å². The highest BCUT2D eigenvalue weighted by Crippen LogP contribution is 2.50. The summed E-state index contributed by atoms with van der Waals surface area (Å²) in [5.74, 6) is -0.772. The van der Waals surface area contributed by atoms with Crippen LogP contribution in [-0.4, -0.2) is 51.4 Å². The van der Waals surface area contributed by atoms with Gasteiger partial charge in [-0.2, -0.15) is 0 Å². The van der Waals surface area contributed by atoms with Gasteiger partial charge in [-0.15, -0.1) is 0 Å². The van der Waals surface area contributed by atoms with Crippen molar-refractivity contribution in [1.29, 1.82) is 0 Å². The lowest BCUT2D eigenvalue weighted by atomic mass is 9.83. The monoisotopic (exact) mass is 665 g/mol. The van der Waals surface area contributed by atoms with E-state index in [1.165, 1.54) is 36.4 Å². The Hall–Kier alpha value is -2.86. The standard InChI is InChI=1S/C30H34Cl3N5O4S/c1-3-37(4-2)29(40)36-20-12-14-21(15-13-20)43(41,42)38-27-19-26(33)25(32)18-23(27)30(28(38)39,35-17-9-5-8-16-34)22-10-6-7-11-24(22)31/h6-7,10-15,18-19,35H,3-5,8-9,16-17,34H2,1-2H3,(H,36,40). The molecular weight excluding hydrogens is 633 g/mol. The number of nitrogens with one attached hydrogen (secondary N) is 2. The average molecular weight is 667 g/mol. The third-order valence-corrected chi connectivity index (χ3v) is 10.2. The summed E-state index contributed by atoms with van der Waals surface area (Å²) >= 11 is 19.5. The van der Waals surface area contributed by atoms with E-state index in [2.05, 4.69) is 10.6 Å². The Bertz CT molecular complexity index is 1600. The van der Waals surface area contributed by atoms with E-state index in [1.54, 1.807) is 29.2 Å². The van der Waals surface area contributed by atoms with E-state index >= 15 is 0 Å². The van der Waals surface area contributed by atoms with Gasteiger partial charge in [0.15, 0.2) is 5.54 Å². The van der Waals surface area contributed by atoms with E-state index in [0.717, 1.165) is 17.1 Å². The Morgan fingerprint density at radius 3 is 2.19 bits per heavy atom. The number of nitrogens with zero attached hydrogens (tertiary/aromatic N) is 2. The normalized spacial score (nSPS) is 16.3. The first-order chi connectivity index (χ1) is 20.5. The van der Waals surface area contributed by atoms with Crippen molar-refractivity contribution >= 4 is 68.1 Å². The number of fused-ring (bicyclic) bond motifs is 1. The van der Waals surface area contributed by atoms with Gasteiger partial charge in [0, 0.05) is 34.9 Å². The second kappa shape index (κ2) is 13.8. The summed E-state index contributed by atoms with van der Waals surface area (Å²) in [6, 6.07) is 15.0. The summed E-state index contributed by atoms with van der Waals surface area (Å²) < 4.78 is 29.2. The van der Waals surface area contributed by atoms with Crippen molar-refractivity contribution in [2.45, 2.75) is 43.5 Å². The smallest absolute Gasteiger partial charge is 0.321 e. The second-order valence-corrected chi connectivity index (χ2v) is 13.0. The van der Waals surface area contributed by atoms with Gasteiger partial charge in [0.1, 0.15) is 0 Å². The number of halogens is 3. The van der Waals surface area contributed by atoms with Crippen molar-refractivity contribution in [1.82, 2.24) is 10.2 Å². The zero-order valence-electron chi connectivity index (χ0n) is 23.9. The summed E-state index contributed by atoms with van der Waals surface area (Å²) in [6.07, 6.45) is 2.29. The highest BCUT2D eigenvalue weighted by Gasteiger charge is 2.57. The molecule has 0 aliphatic carbocycles. The zero-order chi connectivity index (χ0) is 31.4. The molecule has 3 amide bonds. The van der Waals surface area contributed by atoms with Crippen LogP contribution in [0.1, 0.15) is 44.2 Å². The van der Waals surface area contributed by atoms with E-state index in [0.29, 0.717) is 49.4 Å². The molecule has 0 saturated heterocycles. The van der Waals surface area contributed by atoms with Gasteiger partial charge < -0.3 is 16.0 Å². The molecule has 0 aromatic heterocycles. The predicted octanol–water partition coefficient (Wildman–Crippen LogP) is 6.22. The summed E-state index contributed by atoms with van der Waals surface area (Å²) in [7, 11) is -4.47. The lowest BCUT2D eigenvalue weighted by Crippen LogP contribution is -2.53. The molecule has 230 valence electrons. The molecule has 1 heterocycles. The fourth-order valence-electron chi connectivity index (χ4n) is 5.16. The third-order valence-electron chi connectivity index (χ3n) is 7.41. The van der Waals surface area contributed by atoms with Crippen LogP contribution < -0.4 is 20.7 Å². The molecule has 9 nitrogen and oxygen atoms in total. The number of hydrogen-bond donors (Lipinski definition) is 3. The first-order valence-electron chi connectivity index (χ1n) is 14.0. The minimum Gasteiger partial charge on any atom is -0.330 e.